The highest BCUT2D eigenvalue weighted by Gasteiger charge is 2.72. The van der Waals surface area contributed by atoms with Crippen LogP contribution in [0.5, 0.6) is 5.75 Å². The van der Waals surface area contributed by atoms with E-state index in [1.807, 2.05) is 0 Å². The molecular formula is C22H25N3O8. The van der Waals surface area contributed by atoms with Crippen molar-refractivity contribution in [2.75, 3.05) is 19.8 Å². The number of phenolic OH excluding ortho intramolecular Hbond substituents is 1. The van der Waals surface area contributed by atoms with Crippen molar-refractivity contribution in [3.8, 4) is 5.75 Å². The molecule has 2 unspecified atom stereocenters. The zero-order valence-corrected chi connectivity index (χ0v) is 18.2. The Morgan fingerprint density at radius 2 is 1.73 bits per heavy atom. The Kier molecular flexibility index (Phi) is 5.00. The lowest BCUT2D eigenvalue weighted by atomic mass is 9.49. The maximum Gasteiger partial charge on any atom is 0.235 e. The Balaban J connectivity index is 1.97. The fourth-order valence-corrected chi connectivity index (χ4v) is 6.01. The summed E-state index contributed by atoms with van der Waals surface area (Å²) in [6.07, 6.45) is -1.65. The first-order valence-electron chi connectivity index (χ1n) is 10.4. The van der Waals surface area contributed by atoms with Crippen LogP contribution in [0.3, 0.4) is 0 Å². The number of likely N-dealkylation sites (N-methyl/N-ethyl adjacent to an activating group) is 1. The van der Waals surface area contributed by atoms with E-state index in [1.54, 1.807) is 6.92 Å². The summed E-state index contributed by atoms with van der Waals surface area (Å²) >= 11 is 0. The first-order chi connectivity index (χ1) is 15.3. The molecule has 3 aliphatic rings. The molecule has 0 radical (unpaired) electrons. The third-order valence-electron chi connectivity index (χ3n) is 7.52. The summed E-state index contributed by atoms with van der Waals surface area (Å²) in [6, 6.07) is 1.50. The molecule has 0 saturated heterocycles. The Morgan fingerprint density at radius 3 is 2.27 bits per heavy atom. The van der Waals surface area contributed by atoms with Gasteiger partial charge in [-0.05, 0) is 31.6 Å². The van der Waals surface area contributed by atoms with E-state index in [0.717, 1.165) is 0 Å². The fraction of sp³-hybridized carbons (Fsp3) is 0.500. The van der Waals surface area contributed by atoms with Crippen molar-refractivity contribution in [1.29, 1.82) is 0 Å². The normalized spacial score (nSPS) is 38.1. The average Bonchev–Trinajstić information content (AvgIpc) is 2.72. The molecule has 8 atom stereocenters. The van der Waals surface area contributed by atoms with Gasteiger partial charge in [0.15, 0.2) is 34.7 Å². The Labute approximate surface area is 188 Å². The highest BCUT2D eigenvalue weighted by Crippen LogP contribution is 2.54. The number of Topliss-reactive ketones (excluding diaryl/α,β-unsaturated/α-hetero) is 4. The van der Waals surface area contributed by atoms with Gasteiger partial charge in [-0.15, -0.1) is 0 Å². The van der Waals surface area contributed by atoms with Gasteiger partial charge in [-0.25, -0.2) is 0 Å². The van der Waals surface area contributed by atoms with E-state index in [9.17, 15) is 39.3 Å². The summed E-state index contributed by atoms with van der Waals surface area (Å²) in [7, 11) is 2.87. The van der Waals surface area contributed by atoms with Gasteiger partial charge in [-0.3, -0.25) is 28.9 Å². The molecule has 176 valence electrons. The van der Waals surface area contributed by atoms with E-state index in [1.165, 1.54) is 31.1 Å². The average molecular weight is 459 g/mol. The molecule has 3 aliphatic carbocycles. The molecule has 1 amide bonds. The summed E-state index contributed by atoms with van der Waals surface area (Å²) in [5.41, 5.74) is 7.98. The molecule has 0 bridgehead atoms. The van der Waals surface area contributed by atoms with Crippen molar-refractivity contribution in [3.63, 3.8) is 0 Å². The Hall–Kier alpha value is -3.15. The molecule has 11 heteroatoms. The second kappa shape index (κ2) is 7.17. The molecule has 0 heterocycles. The van der Waals surface area contributed by atoms with E-state index >= 15 is 0 Å². The molecule has 1 aromatic rings. The van der Waals surface area contributed by atoms with Gasteiger partial charge >= 0.3 is 0 Å². The van der Waals surface area contributed by atoms with Gasteiger partial charge in [0.25, 0.3) is 0 Å². The van der Waals surface area contributed by atoms with Crippen LogP contribution in [0.15, 0.2) is 12.1 Å². The molecule has 4 rings (SSSR count). The first kappa shape index (κ1) is 23.0. The van der Waals surface area contributed by atoms with Crippen LogP contribution in [0.2, 0.25) is 0 Å². The second-order valence-corrected chi connectivity index (χ2v) is 9.33. The Bertz CT molecular complexity index is 1130. The molecule has 0 aliphatic heterocycles. The minimum atomic E-state index is -3.01. The predicted molar refractivity (Wildman–Crippen MR) is 112 cm³/mol. The second-order valence-electron chi connectivity index (χ2n) is 9.33. The smallest absolute Gasteiger partial charge is 0.235 e. The number of hydrogen-bond acceptors (Lipinski definition) is 10. The number of amides is 1. The molecule has 2 saturated carbocycles. The van der Waals surface area contributed by atoms with Crippen molar-refractivity contribution in [2.24, 2.45) is 29.4 Å². The van der Waals surface area contributed by atoms with Gasteiger partial charge in [0.1, 0.15) is 5.75 Å². The van der Waals surface area contributed by atoms with E-state index in [4.69, 9.17) is 11.5 Å². The number of carbonyl (C=O) groups excluding carboxylic acids is 5. The maximum absolute atomic E-state index is 13.7. The van der Waals surface area contributed by atoms with Gasteiger partial charge in [0.05, 0.1) is 35.2 Å². The van der Waals surface area contributed by atoms with E-state index in [-0.39, 0.29) is 11.3 Å². The summed E-state index contributed by atoms with van der Waals surface area (Å²) in [5, 5.41) is 33.3. The standard InChI is InChI=1S/C22H25N3O8/c1-6-7-4-5-8(23)15(26)10(7)16(27)11-9(6)17(28)13-14(25(2)3)18(29)12(21(24)32)20(31)22(13,33)19(11)30/h4-6,9,11-14,17,26,28,33H,23H2,1-3H3,(H2,24,32)/t6-,9+,11?,12?,13+,14-,17-,22-/m0/s1. The fourth-order valence-electron chi connectivity index (χ4n) is 6.01. The maximum atomic E-state index is 13.7. The summed E-state index contributed by atoms with van der Waals surface area (Å²) < 4.78 is 0. The zero-order chi connectivity index (χ0) is 24.7. The molecule has 2 fully saturated rings. The highest BCUT2D eigenvalue weighted by molar-refractivity contribution is 6.32. The number of nitrogens with two attached hydrogens (primary N) is 2. The lowest BCUT2D eigenvalue weighted by Crippen LogP contribution is -2.77. The number of benzene rings is 1. The number of aliphatic hydroxyl groups excluding tert-OH is 1. The predicted octanol–water partition coefficient (Wildman–Crippen LogP) is -2.02. The lowest BCUT2D eigenvalue weighted by molar-refractivity contribution is -0.196. The minimum Gasteiger partial charge on any atom is -0.505 e. The minimum absolute atomic E-state index is 0.103. The SMILES string of the molecule is C[C@H]1c2ccc(N)c(O)c2C(=O)C2C(=O)[C@]3(O)C(=O)C(C(N)=O)C(=O)[C@@H](N(C)C)[C@@H]3[C@@H](O)[C@@H]21. The number of fused-ring (bicyclic) bond motifs is 3. The number of aromatic hydroxyl groups is 1. The summed E-state index contributed by atoms with van der Waals surface area (Å²) in [6.45, 7) is 1.63. The number of hydrogen-bond donors (Lipinski definition) is 5. The summed E-state index contributed by atoms with van der Waals surface area (Å²) in [4.78, 5) is 66.6. The number of aliphatic hydroxyl groups is 2. The monoisotopic (exact) mass is 459 g/mol. The zero-order valence-electron chi connectivity index (χ0n) is 18.2. The van der Waals surface area contributed by atoms with Crippen LogP contribution in [-0.4, -0.2) is 81.1 Å². The Morgan fingerprint density at radius 1 is 1.12 bits per heavy atom. The van der Waals surface area contributed by atoms with Crippen molar-refractivity contribution in [2.45, 2.75) is 30.6 Å². The number of primary amides is 1. The first-order valence-corrected chi connectivity index (χ1v) is 10.4. The van der Waals surface area contributed by atoms with Crippen molar-refractivity contribution < 1.29 is 39.3 Å². The number of nitrogens with zero attached hydrogens (tertiary/aromatic N) is 1. The number of anilines is 1. The topological polar surface area (TPSA) is 201 Å². The third kappa shape index (κ3) is 2.69. The number of nitrogen functional groups attached to an aromatic ring is 1. The van der Waals surface area contributed by atoms with E-state index in [0.29, 0.717) is 5.56 Å². The quantitative estimate of drug-likeness (QED) is 0.187. The molecule has 33 heavy (non-hydrogen) atoms. The van der Waals surface area contributed by atoms with Gasteiger partial charge in [0.2, 0.25) is 5.91 Å². The number of rotatable bonds is 2. The molecule has 11 nitrogen and oxygen atoms in total. The summed E-state index contributed by atoms with van der Waals surface area (Å²) in [5.74, 6) is -13.6. The van der Waals surface area contributed by atoms with Crippen LogP contribution < -0.4 is 11.5 Å². The lowest BCUT2D eigenvalue weighted by Gasteiger charge is -2.56. The van der Waals surface area contributed by atoms with Crippen LogP contribution in [0.4, 0.5) is 5.69 Å². The molecule has 1 aromatic carbocycles. The molecule has 0 aromatic heterocycles. The van der Waals surface area contributed by atoms with E-state index in [2.05, 4.69) is 0 Å². The van der Waals surface area contributed by atoms with Gasteiger partial charge in [-0.1, -0.05) is 13.0 Å². The largest absolute Gasteiger partial charge is 0.505 e. The van der Waals surface area contributed by atoms with Crippen molar-refractivity contribution in [1.82, 2.24) is 4.90 Å². The molecule has 7 N–H and O–H groups in total. The molecule has 0 spiro atoms. The number of ketones is 4. The van der Waals surface area contributed by atoms with Gasteiger partial charge < -0.3 is 26.8 Å². The van der Waals surface area contributed by atoms with Crippen molar-refractivity contribution >= 4 is 34.7 Å². The molecular weight excluding hydrogens is 434 g/mol. The van der Waals surface area contributed by atoms with Crippen LogP contribution in [-0.2, 0) is 19.2 Å². The van der Waals surface area contributed by atoms with Gasteiger partial charge in [-0.2, -0.15) is 0 Å². The van der Waals surface area contributed by atoms with E-state index < -0.39 is 82.1 Å². The van der Waals surface area contributed by atoms with Gasteiger partial charge in [0, 0.05) is 5.92 Å². The van der Waals surface area contributed by atoms with Crippen LogP contribution in [0.1, 0.15) is 28.8 Å². The highest BCUT2D eigenvalue weighted by atomic mass is 16.3. The van der Waals surface area contributed by atoms with Crippen LogP contribution in [0.25, 0.3) is 0 Å². The van der Waals surface area contributed by atoms with Crippen molar-refractivity contribution in [3.05, 3.63) is 23.3 Å². The third-order valence-corrected chi connectivity index (χ3v) is 7.52. The van der Waals surface area contributed by atoms with Crippen LogP contribution >= 0.6 is 0 Å². The number of carbonyl (C=O) groups is 5. The number of phenols is 1. The van der Waals surface area contributed by atoms with Crippen LogP contribution in [0, 0.1) is 23.7 Å².